The molecule has 3 fully saturated rings. The summed E-state index contributed by atoms with van der Waals surface area (Å²) in [5, 5.41) is 0. The summed E-state index contributed by atoms with van der Waals surface area (Å²) in [5.41, 5.74) is -0.00576. The van der Waals surface area contributed by atoms with Crippen molar-refractivity contribution < 1.29 is 18.8 Å². The number of rotatable bonds is 7. The SMILES string of the molecule is CC(=O)OC1OC2CCC[C@]13C2CCC3[C@H](C)CCCC(C)(C)OP. The van der Waals surface area contributed by atoms with E-state index >= 15 is 0 Å². The predicted molar refractivity (Wildman–Crippen MR) is 101 cm³/mol. The van der Waals surface area contributed by atoms with E-state index in [1.807, 2.05) is 0 Å². The summed E-state index contributed by atoms with van der Waals surface area (Å²) in [6.07, 6.45) is 9.41. The second-order valence-electron chi connectivity index (χ2n) is 9.16. The van der Waals surface area contributed by atoms with Crippen molar-refractivity contribution in [2.24, 2.45) is 23.2 Å². The van der Waals surface area contributed by atoms with Crippen LogP contribution >= 0.6 is 9.47 Å². The minimum absolute atomic E-state index is 0.0701. The molecular formula is C20H35O4P. The number of esters is 1. The molecule has 1 aliphatic heterocycles. The van der Waals surface area contributed by atoms with Gasteiger partial charge in [0.25, 0.3) is 0 Å². The number of hydrogen-bond acceptors (Lipinski definition) is 4. The molecule has 4 nitrogen and oxygen atoms in total. The first kappa shape index (κ1) is 19.6. The zero-order chi connectivity index (χ0) is 18.2. The van der Waals surface area contributed by atoms with Crippen molar-refractivity contribution in [3.63, 3.8) is 0 Å². The van der Waals surface area contributed by atoms with Gasteiger partial charge in [0, 0.05) is 21.8 Å². The molecule has 0 aromatic carbocycles. The second-order valence-corrected chi connectivity index (χ2v) is 9.39. The fraction of sp³-hybridized carbons (Fsp3) is 0.950. The first-order valence-electron chi connectivity index (χ1n) is 10.0. The molecule has 2 saturated carbocycles. The highest BCUT2D eigenvalue weighted by atomic mass is 31.0. The number of carbonyl (C=O) groups is 1. The van der Waals surface area contributed by atoms with Crippen LogP contribution in [0.5, 0.6) is 0 Å². The highest BCUT2D eigenvalue weighted by molar-refractivity contribution is 7.09. The van der Waals surface area contributed by atoms with Crippen LogP contribution in [0.25, 0.3) is 0 Å². The number of hydrogen-bond donors (Lipinski definition) is 0. The number of ether oxygens (including phenoxy) is 2. The average molecular weight is 370 g/mol. The maximum atomic E-state index is 11.6. The molecule has 0 spiro atoms. The van der Waals surface area contributed by atoms with Crippen molar-refractivity contribution in [1.82, 2.24) is 0 Å². The van der Waals surface area contributed by atoms with E-state index in [2.05, 4.69) is 30.2 Å². The molecule has 3 aliphatic rings. The van der Waals surface area contributed by atoms with Gasteiger partial charge in [-0.15, -0.1) is 0 Å². The van der Waals surface area contributed by atoms with Crippen LogP contribution in [0.4, 0.5) is 0 Å². The highest BCUT2D eigenvalue weighted by Gasteiger charge is 2.66. The maximum Gasteiger partial charge on any atom is 0.304 e. The van der Waals surface area contributed by atoms with E-state index in [-0.39, 0.29) is 23.3 Å². The average Bonchev–Trinajstić information content (AvgIpc) is 3.00. The largest absolute Gasteiger partial charge is 0.435 e. The fourth-order valence-corrected chi connectivity index (χ4v) is 6.13. The zero-order valence-corrected chi connectivity index (χ0v) is 17.4. The first-order valence-corrected chi connectivity index (χ1v) is 10.5. The van der Waals surface area contributed by atoms with E-state index in [0.717, 1.165) is 19.3 Å². The lowest BCUT2D eigenvalue weighted by Crippen LogP contribution is -2.44. The number of carbonyl (C=O) groups excluding carboxylic acids is 1. The van der Waals surface area contributed by atoms with Gasteiger partial charge in [0.2, 0.25) is 6.29 Å². The van der Waals surface area contributed by atoms with Crippen LogP contribution in [-0.2, 0) is 18.8 Å². The first-order chi connectivity index (χ1) is 11.8. The van der Waals surface area contributed by atoms with Crippen LogP contribution in [0.1, 0.15) is 79.1 Å². The van der Waals surface area contributed by atoms with E-state index in [0.29, 0.717) is 23.9 Å². The Morgan fingerprint density at radius 2 is 2.12 bits per heavy atom. The molecule has 1 heterocycles. The maximum absolute atomic E-state index is 11.6. The molecule has 0 aromatic heterocycles. The van der Waals surface area contributed by atoms with Crippen molar-refractivity contribution in [3.8, 4) is 0 Å². The van der Waals surface area contributed by atoms with E-state index in [9.17, 15) is 4.79 Å². The van der Waals surface area contributed by atoms with Gasteiger partial charge in [-0.3, -0.25) is 4.79 Å². The van der Waals surface area contributed by atoms with Crippen LogP contribution in [0.15, 0.2) is 0 Å². The molecule has 144 valence electrons. The summed E-state index contributed by atoms with van der Waals surface area (Å²) in [6, 6.07) is 0. The Bertz CT molecular complexity index is 494. The van der Waals surface area contributed by atoms with Crippen molar-refractivity contribution in [2.75, 3.05) is 0 Å². The van der Waals surface area contributed by atoms with Crippen LogP contribution in [0.3, 0.4) is 0 Å². The van der Waals surface area contributed by atoms with Gasteiger partial charge < -0.3 is 14.0 Å². The lowest BCUT2D eigenvalue weighted by atomic mass is 9.61. The van der Waals surface area contributed by atoms with E-state index in [1.54, 1.807) is 0 Å². The molecule has 2 aliphatic carbocycles. The van der Waals surface area contributed by atoms with Crippen LogP contribution in [-0.4, -0.2) is 24.0 Å². The third-order valence-corrected chi connectivity index (χ3v) is 7.81. The van der Waals surface area contributed by atoms with Crippen LogP contribution < -0.4 is 0 Å². The molecule has 5 heteroatoms. The molecule has 7 atom stereocenters. The van der Waals surface area contributed by atoms with Crippen molar-refractivity contribution in [2.45, 2.75) is 97.1 Å². The molecule has 0 radical (unpaired) electrons. The lowest BCUT2D eigenvalue weighted by Gasteiger charge is -2.43. The molecule has 0 N–H and O–H groups in total. The molecule has 5 unspecified atom stereocenters. The standard InChI is InChI=1S/C20H35O4P/c1-13(7-5-11-19(3,4)24-25)15-9-10-16-17-8-6-12-20(15,16)18(23-17)22-14(2)21/h13,15-18H,5-12,25H2,1-4H3/t13-,15?,16?,17?,18?,20+/m1/s1. The van der Waals surface area contributed by atoms with E-state index in [1.165, 1.54) is 39.0 Å². The minimum Gasteiger partial charge on any atom is -0.435 e. The molecular weight excluding hydrogens is 335 g/mol. The van der Waals surface area contributed by atoms with Gasteiger partial charge in [0.15, 0.2) is 0 Å². The summed E-state index contributed by atoms with van der Waals surface area (Å²) in [5.74, 6) is 1.61. The summed E-state index contributed by atoms with van der Waals surface area (Å²) >= 11 is 0. The smallest absolute Gasteiger partial charge is 0.304 e. The summed E-state index contributed by atoms with van der Waals surface area (Å²) < 4.78 is 17.4. The Morgan fingerprint density at radius 1 is 1.36 bits per heavy atom. The fourth-order valence-electron chi connectivity index (χ4n) is 6.01. The molecule has 0 aromatic rings. The lowest BCUT2D eigenvalue weighted by molar-refractivity contribution is -0.195. The molecule has 25 heavy (non-hydrogen) atoms. The Hall–Kier alpha value is -0.180. The second kappa shape index (κ2) is 7.44. The quantitative estimate of drug-likeness (QED) is 0.474. The topological polar surface area (TPSA) is 44.8 Å². The molecule has 3 rings (SSSR count). The molecule has 0 amide bonds. The molecule has 1 saturated heterocycles. The van der Waals surface area contributed by atoms with Gasteiger partial charge in [-0.05, 0) is 63.7 Å². The van der Waals surface area contributed by atoms with Crippen LogP contribution in [0, 0.1) is 23.2 Å². The van der Waals surface area contributed by atoms with Gasteiger partial charge in [-0.2, -0.15) is 0 Å². The monoisotopic (exact) mass is 370 g/mol. The Kier molecular flexibility index (Phi) is 5.83. The van der Waals surface area contributed by atoms with Crippen LogP contribution in [0.2, 0.25) is 0 Å². The van der Waals surface area contributed by atoms with Gasteiger partial charge >= 0.3 is 5.97 Å². The minimum atomic E-state index is -0.315. The summed E-state index contributed by atoms with van der Waals surface area (Å²) in [6.45, 7) is 8.18. The summed E-state index contributed by atoms with van der Waals surface area (Å²) in [7, 11) is 2.39. The Morgan fingerprint density at radius 3 is 2.80 bits per heavy atom. The highest BCUT2D eigenvalue weighted by Crippen LogP contribution is 2.65. The Balaban J connectivity index is 1.69. The third-order valence-electron chi connectivity index (χ3n) is 7.17. The van der Waals surface area contributed by atoms with Crippen molar-refractivity contribution in [3.05, 3.63) is 0 Å². The summed E-state index contributed by atoms with van der Waals surface area (Å²) in [4.78, 5) is 11.6. The van der Waals surface area contributed by atoms with Gasteiger partial charge in [-0.1, -0.05) is 26.2 Å². The van der Waals surface area contributed by atoms with E-state index in [4.69, 9.17) is 14.0 Å². The van der Waals surface area contributed by atoms with Gasteiger partial charge in [0.1, 0.15) is 0 Å². The third kappa shape index (κ3) is 3.64. The van der Waals surface area contributed by atoms with Gasteiger partial charge in [-0.25, -0.2) is 0 Å². The molecule has 2 bridgehead atoms. The van der Waals surface area contributed by atoms with Gasteiger partial charge in [0.05, 0.1) is 11.7 Å². The van der Waals surface area contributed by atoms with Crippen molar-refractivity contribution >= 4 is 15.4 Å². The Labute approximate surface area is 155 Å². The predicted octanol–water partition coefficient (Wildman–Crippen LogP) is 4.86. The zero-order valence-electron chi connectivity index (χ0n) is 16.3. The van der Waals surface area contributed by atoms with Crippen molar-refractivity contribution in [1.29, 1.82) is 0 Å². The normalized spacial score (nSPS) is 38.4. The van der Waals surface area contributed by atoms with E-state index < -0.39 is 0 Å².